The van der Waals surface area contributed by atoms with Crippen molar-refractivity contribution in [3.05, 3.63) is 42.0 Å². The third-order valence-corrected chi connectivity index (χ3v) is 3.53. The van der Waals surface area contributed by atoms with Crippen LogP contribution in [-0.2, 0) is 11.2 Å². The summed E-state index contributed by atoms with van der Waals surface area (Å²) in [6.45, 7) is 5.87. The van der Waals surface area contributed by atoms with Gasteiger partial charge in [-0.1, -0.05) is 12.1 Å². The predicted octanol–water partition coefficient (Wildman–Crippen LogP) is 2.51. The van der Waals surface area contributed by atoms with E-state index in [0.717, 1.165) is 30.2 Å². The molecule has 0 radical (unpaired) electrons. The highest BCUT2D eigenvalue weighted by molar-refractivity contribution is 5.91. The van der Waals surface area contributed by atoms with Crippen molar-refractivity contribution in [3.63, 3.8) is 0 Å². The Morgan fingerprint density at radius 1 is 1.09 bits per heavy atom. The van der Waals surface area contributed by atoms with Gasteiger partial charge in [0.25, 0.3) is 0 Å². The molecule has 1 heterocycles. The molecular formula is C17H22N4O2. The Labute approximate surface area is 136 Å². The van der Waals surface area contributed by atoms with Crippen LogP contribution in [0.25, 0.3) is 0 Å². The number of carbonyl (C=O) groups is 1. The van der Waals surface area contributed by atoms with Gasteiger partial charge in [0.05, 0.1) is 13.5 Å². The van der Waals surface area contributed by atoms with Crippen molar-refractivity contribution >= 4 is 17.5 Å². The van der Waals surface area contributed by atoms with Crippen LogP contribution < -0.4 is 15.0 Å². The van der Waals surface area contributed by atoms with E-state index >= 15 is 0 Å². The molecule has 1 amide bonds. The summed E-state index contributed by atoms with van der Waals surface area (Å²) < 4.78 is 5.10. The molecule has 0 atom stereocenters. The number of anilines is 2. The predicted molar refractivity (Wildman–Crippen MR) is 90.9 cm³/mol. The van der Waals surface area contributed by atoms with Gasteiger partial charge in [0.2, 0.25) is 5.91 Å². The maximum atomic E-state index is 12.0. The lowest BCUT2D eigenvalue weighted by molar-refractivity contribution is -0.115. The molecule has 0 saturated carbocycles. The summed E-state index contributed by atoms with van der Waals surface area (Å²) in [4.78, 5) is 14.1. The maximum absolute atomic E-state index is 12.0. The molecule has 1 N–H and O–H groups in total. The van der Waals surface area contributed by atoms with Crippen LogP contribution in [0.1, 0.15) is 19.4 Å². The van der Waals surface area contributed by atoms with Gasteiger partial charge in [-0.05, 0) is 43.7 Å². The van der Waals surface area contributed by atoms with Gasteiger partial charge in [-0.15, -0.1) is 10.2 Å². The molecule has 0 spiro atoms. The van der Waals surface area contributed by atoms with Crippen LogP contribution in [0.15, 0.2) is 36.4 Å². The standard InChI is InChI=1S/C17H22N4O2/c1-4-21(5-2)16-11-10-15(19-20-16)18-17(22)12-13-6-8-14(23-3)9-7-13/h6-11H,4-5,12H2,1-3H3,(H,18,19,22). The van der Waals surface area contributed by atoms with E-state index in [-0.39, 0.29) is 12.3 Å². The smallest absolute Gasteiger partial charge is 0.229 e. The number of carbonyl (C=O) groups excluding carboxylic acids is 1. The van der Waals surface area contributed by atoms with Gasteiger partial charge in [0.15, 0.2) is 11.6 Å². The topological polar surface area (TPSA) is 67.4 Å². The molecule has 6 heteroatoms. The summed E-state index contributed by atoms with van der Waals surface area (Å²) in [5.74, 6) is 1.91. The molecule has 0 saturated heterocycles. The van der Waals surface area contributed by atoms with Crippen molar-refractivity contribution in [2.45, 2.75) is 20.3 Å². The number of benzene rings is 1. The number of nitrogens with zero attached hydrogens (tertiary/aromatic N) is 3. The van der Waals surface area contributed by atoms with E-state index in [9.17, 15) is 4.79 Å². The van der Waals surface area contributed by atoms with Gasteiger partial charge in [-0.2, -0.15) is 0 Å². The average Bonchev–Trinajstić information content (AvgIpc) is 2.58. The first-order valence-corrected chi connectivity index (χ1v) is 7.67. The molecule has 0 aliphatic rings. The number of hydrogen-bond acceptors (Lipinski definition) is 5. The highest BCUT2D eigenvalue weighted by Gasteiger charge is 2.08. The number of rotatable bonds is 7. The first kappa shape index (κ1) is 16.7. The molecular weight excluding hydrogens is 292 g/mol. The highest BCUT2D eigenvalue weighted by atomic mass is 16.5. The summed E-state index contributed by atoms with van der Waals surface area (Å²) in [6.07, 6.45) is 0.281. The first-order chi connectivity index (χ1) is 11.2. The van der Waals surface area contributed by atoms with Gasteiger partial charge >= 0.3 is 0 Å². The Morgan fingerprint density at radius 2 is 1.78 bits per heavy atom. The van der Waals surface area contributed by atoms with Gasteiger partial charge in [-0.25, -0.2) is 0 Å². The van der Waals surface area contributed by atoms with E-state index in [1.807, 2.05) is 30.3 Å². The Balaban J connectivity index is 1.94. The fourth-order valence-corrected chi connectivity index (χ4v) is 2.22. The van der Waals surface area contributed by atoms with Gasteiger partial charge in [0.1, 0.15) is 5.75 Å². The summed E-state index contributed by atoms with van der Waals surface area (Å²) in [5.41, 5.74) is 0.913. The molecule has 0 bridgehead atoms. The lowest BCUT2D eigenvalue weighted by atomic mass is 10.1. The molecule has 2 aromatic rings. The zero-order valence-electron chi connectivity index (χ0n) is 13.7. The number of ether oxygens (including phenoxy) is 1. The second-order valence-electron chi connectivity index (χ2n) is 5.02. The van der Waals surface area contributed by atoms with Crippen LogP contribution in [0.5, 0.6) is 5.75 Å². The fraction of sp³-hybridized carbons (Fsp3) is 0.353. The number of nitrogens with one attached hydrogen (secondary N) is 1. The van der Waals surface area contributed by atoms with E-state index in [1.165, 1.54) is 0 Å². The van der Waals surface area contributed by atoms with Crippen LogP contribution >= 0.6 is 0 Å². The molecule has 0 unspecified atom stereocenters. The molecule has 6 nitrogen and oxygen atoms in total. The normalized spacial score (nSPS) is 10.2. The molecule has 0 fully saturated rings. The highest BCUT2D eigenvalue weighted by Crippen LogP contribution is 2.13. The summed E-state index contributed by atoms with van der Waals surface area (Å²) in [5, 5.41) is 11.0. The Hall–Kier alpha value is -2.63. The van der Waals surface area contributed by atoms with E-state index in [4.69, 9.17) is 4.74 Å². The van der Waals surface area contributed by atoms with Crippen LogP contribution in [0.4, 0.5) is 11.6 Å². The molecule has 0 aliphatic heterocycles. The lowest BCUT2D eigenvalue weighted by Gasteiger charge is -2.18. The Morgan fingerprint density at radius 3 is 2.30 bits per heavy atom. The van der Waals surface area contributed by atoms with E-state index in [2.05, 4.69) is 34.3 Å². The van der Waals surface area contributed by atoms with Crippen molar-refractivity contribution in [2.24, 2.45) is 0 Å². The van der Waals surface area contributed by atoms with Crippen LogP contribution in [-0.4, -0.2) is 36.3 Å². The molecule has 122 valence electrons. The third-order valence-electron chi connectivity index (χ3n) is 3.53. The monoisotopic (exact) mass is 314 g/mol. The molecule has 2 rings (SSSR count). The second kappa shape index (κ2) is 8.12. The SMILES string of the molecule is CCN(CC)c1ccc(NC(=O)Cc2ccc(OC)cc2)nn1. The van der Waals surface area contributed by atoms with Crippen LogP contribution in [0, 0.1) is 0 Å². The van der Waals surface area contributed by atoms with E-state index < -0.39 is 0 Å². The maximum Gasteiger partial charge on any atom is 0.229 e. The summed E-state index contributed by atoms with van der Waals surface area (Å²) in [7, 11) is 1.61. The summed E-state index contributed by atoms with van der Waals surface area (Å²) >= 11 is 0. The zero-order chi connectivity index (χ0) is 16.7. The van der Waals surface area contributed by atoms with E-state index in [0.29, 0.717) is 5.82 Å². The molecule has 0 aliphatic carbocycles. The van der Waals surface area contributed by atoms with Crippen molar-refractivity contribution in [3.8, 4) is 5.75 Å². The minimum Gasteiger partial charge on any atom is -0.497 e. The minimum absolute atomic E-state index is 0.125. The number of amides is 1. The van der Waals surface area contributed by atoms with Gasteiger partial charge in [-0.3, -0.25) is 4.79 Å². The summed E-state index contributed by atoms with van der Waals surface area (Å²) in [6, 6.07) is 11.0. The van der Waals surface area contributed by atoms with Crippen LogP contribution in [0.3, 0.4) is 0 Å². The largest absolute Gasteiger partial charge is 0.497 e. The third kappa shape index (κ3) is 4.67. The van der Waals surface area contributed by atoms with Crippen molar-refractivity contribution in [1.82, 2.24) is 10.2 Å². The fourth-order valence-electron chi connectivity index (χ4n) is 2.22. The minimum atomic E-state index is -0.125. The number of hydrogen-bond donors (Lipinski definition) is 1. The second-order valence-corrected chi connectivity index (χ2v) is 5.02. The first-order valence-electron chi connectivity index (χ1n) is 7.67. The van der Waals surface area contributed by atoms with Crippen LogP contribution in [0.2, 0.25) is 0 Å². The van der Waals surface area contributed by atoms with Crippen molar-refractivity contribution in [1.29, 1.82) is 0 Å². The van der Waals surface area contributed by atoms with Crippen molar-refractivity contribution < 1.29 is 9.53 Å². The molecule has 1 aromatic carbocycles. The Kier molecular flexibility index (Phi) is 5.91. The number of methoxy groups -OCH3 is 1. The molecule has 1 aromatic heterocycles. The lowest BCUT2D eigenvalue weighted by Crippen LogP contribution is -2.23. The Bertz CT molecular complexity index is 622. The zero-order valence-corrected chi connectivity index (χ0v) is 13.7. The van der Waals surface area contributed by atoms with Gasteiger partial charge in [0, 0.05) is 13.1 Å². The average molecular weight is 314 g/mol. The number of aromatic nitrogens is 2. The quantitative estimate of drug-likeness (QED) is 0.850. The van der Waals surface area contributed by atoms with Gasteiger partial charge < -0.3 is 15.0 Å². The van der Waals surface area contributed by atoms with E-state index in [1.54, 1.807) is 13.2 Å². The molecule has 23 heavy (non-hydrogen) atoms. The van der Waals surface area contributed by atoms with Crippen molar-refractivity contribution in [2.75, 3.05) is 30.4 Å².